The Bertz CT molecular complexity index is 1150. The number of hydrogen-bond donors (Lipinski definition) is 2. The number of aromatic nitrogens is 2. The number of ether oxygens (including phenoxy) is 2. The van der Waals surface area contributed by atoms with Crippen LogP contribution in [0.1, 0.15) is 26.4 Å². The number of carbonyl (C=O) groups excluding carboxylic acids is 2. The highest BCUT2D eigenvalue weighted by molar-refractivity contribution is 6.30. The second kappa shape index (κ2) is 9.18. The Morgan fingerprint density at radius 2 is 1.59 bits per heavy atom. The minimum atomic E-state index is -4.91. The van der Waals surface area contributed by atoms with Crippen LogP contribution in [0.3, 0.4) is 0 Å². The zero-order valence-corrected chi connectivity index (χ0v) is 17.4. The van der Waals surface area contributed by atoms with Gasteiger partial charge in [-0.25, -0.2) is 4.68 Å². The molecule has 0 saturated carbocycles. The van der Waals surface area contributed by atoms with Crippen LogP contribution in [-0.4, -0.2) is 35.8 Å². The third-order valence-corrected chi connectivity index (χ3v) is 4.54. The van der Waals surface area contributed by atoms with Crippen molar-refractivity contribution in [3.8, 4) is 17.2 Å². The number of nitrogens with one attached hydrogen (secondary N) is 2. The van der Waals surface area contributed by atoms with Gasteiger partial charge in [-0.15, -0.1) is 0 Å². The summed E-state index contributed by atoms with van der Waals surface area (Å²) in [5.41, 5.74) is 2.07. The van der Waals surface area contributed by atoms with E-state index in [1.54, 1.807) is 0 Å². The Morgan fingerprint density at radius 1 is 0.969 bits per heavy atom. The fraction of sp³-hybridized carbons (Fsp3) is 0.150. The normalized spacial score (nSPS) is 11.1. The molecule has 2 amide bonds. The van der Waals surface area contributed by atoms with E-state index in [0.29, 0.717) is 15.5 Å². The second-order valence-corrected chi connectivity index (χ2v) is 6.71. The molecule has 0 fully saturated rings. The van der Waals surface area contributed by atoms with E-state index in [1.807, 2.05) is 5.43 Å². The lowest BCUT2D eigenvalue weighted by Crippen LogP contribution is -2.42. The molecule has 12 heteroatoms. The summed E-state index contributed by atoms with van der Waals surface area (Å²) in [4.78, 5) is 24.7. The lowest BCUT2D eigenvalue weighted by Gasteiger charge is -2.13. The molecule has 3 rings (SSSR count). The van der Waals surface area contributed by atoms with Crippen LogP contribution in [0, 0.1) is 0 Å². The molecule has 8 nitrogen and oxygen atoms in total. The highest BCUT2D eigenvalue weighted by Gasteiger charge is 2.40. The molecule has 32 heavy (non-hydrogen) atoms. The molecule has 1 aromatic heterocycles. The van der Waals surface area contributed by atoms with Crippen molar-refractivity contribution in [3.63, 3.8) is 0 Å². The average molecular weight is 469 g/mol. The van der Waals surface area contributed by atoms with Gasteiger partial charge in [-0.2, -0.15) is 18.3 Å². The summed E-state index contributed by atoms with van der Waals surface area (Å²) in [5, 5.41) is 4.00. The van der Waals surface area contributed by atoms with Crippen LogP contribution in [0.4, 0.5) is 13.2 Å². The predicted molar refractivity (Wildman–Crippen MR) is 108 cm³/mol. The lowest BCUT2D eigenvalue weighted by atomic mass is 10.2. The zero-order chi connectivity index (χ0) is 23.5. The van der Waals surface area contributed by atoms with Gasteiger partial charge >= 0.3 is 6.18 Å². The number of halogens is 4. The van der Waals surface area contributed by atoms with Gasteiger partial charge in [0.2, 0.25) is 0 Å². The summed E-state index contributed by atoms with van der Waals surface area (Å²) in [7, 11) is 2.79. The smallest absolute Gasteiger partial charge is 0.434 e. The molecule has 0 bridgehead atoms. The quantitative estimate of drug-likeness (QED) is 0.558. The van der Waals surface area contributed by atoms with E-state index in [2.05, 4.69) is 10.5 Å². The number of nitrogens with zero attached hydrogens (tertiary/aromatic N) is 2. The first kappa shape index (κ1) is 22.9. The predicted octanol–water partition coefficient (Wildman–Crippen LogP) is 3.64. The first-order valence-electron chi connectivity index (χ1n) is 8.89. The number of benzene rings is 2. The highest BCUT2D eigenvalue weighted by Crippen LogP contribution is 2.34. The first-order valence-corrected chi connectivity index (χ1v) is 9.27. The minimum Gasteiger partial charge on any atom is -0.493 e. The average Bonchev–Trinajstić information content (AvgIpc) is 3.23. The van der Waals surface area contributed by atoms with Crippen LogP contribution in [0.25, 0.3) is 5.69 Å². The van der Waals surface area contributed by atoms with Crippen molar-refractivity contribution >= 4 is 23.4 Å². The van der Waals surface area contributed by atoms with Crippen molar-refractivity contribution in [1.29, 1.82) is 0 Å². The summed E-state index contributed by atoms with van der Waals surface area (Å²) in [6.45, 7) is 0. The third-order valence-electron chi connectivity index (χ3n) is 4.29. The van der Waals surface area contributed by atoms with Crippen LogP contribution < -0.4 is 20.3 Å². The minimum absolute atomic E-state index is 0.0511. The Kier molecular flexibility index (Phi) is 6.58. The van der Waals surface area contributed by atoms with Crippen molar-refractivity contribution in [2.24, 2.45) is 0 Å². The zero-order valence-electron chi connectivity index (χ0n) is 16.7. The van der Waals surface area contributed by atoms with E-state index in [0.717, 1.165) is 6.20 Å². The van der Waals surface area contributed by atoms with E-state index in [1.165, 1.54) is 56.7 Å². The van der Waals surface area contributed by atoms with Gasteiger partial charge in [0.15, 0.2) is 17.2 Å². The van der Waals surface area contributed by atoms with Crippen LogP contribution in [0.5, 0.6) is 11.5 Å². The van der Waals surface area contributed by atoms with Crippen molar-refractivity contribution in [3.05, 3.63) is 70.5 Å². The number of amides is 2. The summed E-state index contributed by atoms with van der Waals surface area (Å²) in [6, 6.07) is 9.63. The fourth-order valence-electron chi connectivity index (χ4n) is 2.80. The fourth-order valence-corrected chi connectivity index (χ4v) is 2.92. The van der Waals surface area contributed by atoms with Gasteiger partial charge in [0.05, 0.1) is 31.7 Å². The maximum atomic E-state index is 13.7. The Balaban J connectivity index is 1.82. The van der Waals surface area contributed by atoms with Crippen LogP contribution in [-0.2, 0) is 6.18 Å². The molecule has 0 aliphatic heterocycles. The topological polar surface area (TPSA) is 94.5 Å². The first-order chi connectivity index (χ1) is 15.2. The summed E-state index contributed by atoms with van der Waals surface area (Å²) in [5.74, 6) is -1.35. The molecule has 0 aliphatic carbocycles. The number of hydrazine groups is 1. The van der Waals surface area contributed by atoms with Crippen LogP contribution in [0.2, 0.25) is 5.02 Å². The molecule has 3 aromatic rings. The maximum absolute atomic E-state index is 13.7. The highest BCUT2D eigenvalue weighted by atomic mass is 35.5. The van der Waals surface area contributed by atoms with Crippen molar-refractivity contribution < 1.29 is 32.2 Å². The number of carbonyl (C=O) groups is 2. The van der Waals surface area contributed by atoms with Crippen molar-refractivity contribution in [1.82, 2.24) is 20.6 Å². The second-order valence-electron chi connectivity index (χ2n) is 6.27. The molecular weight excluding hydrogens is 453 g/mol. The summed E-state index contributed by atoms with van der Waals surface area (Å²) >= 11 is 5.77. The standard InChI is InChI=1S/C20H16ClF3N4O4/c1-31-15-8-3-11(9-16(15)32-2)18(29)26-27-19(30)14-10-25-28(17(14)20(22,23)24)13-6-4-12(21)5-7-13/h3-10H,1-2H3,(H,26,29)(H,27,30). The van der Waals surface area contributed by atoms with Gasteiger partial charge in [-0.1, -0.05) is 11.6 Å². The Labute approximate surface area is 184 Å². The number of rotatable bonds is 5. The van der Waals surface area contributed by atoms with E-state index in [9.17, 15) is 22.8 Å². The van der Waals surface area contributed by atoms with Gasteiger partial charge < -0.3 is 9.47 Å². The molecule has 0 atom stereocenters. The molecule has 0 saturated heterocycles. The molecule has 1 heterocycles. The number of methoxy groups -OCH3 is 2. The monoisotopic (exact) mass is 468 g/mol. The summed E-state index contributed by atoms with van der Waals surface area (Å²) in [6.07, 6.45) is -4.15. The largest absolute Gasteiger partial charge is 0.493 e. The van der Waals surface area contributed by atoms with E-state index in [-0.39, 0.29) is 17.0 Å². The Morgan fingerprint density at radius 3 is 2.19 bits per heavy atom. The molecule has 0 spiro atoms. The van der Waals surface area contributed by atoms with Gasteiger partial charge in [-0.05, 0) is 42.5 Å². The van der Waals surface area contributed by atoms with Crippen LogP contribution >= 0.6 is 11.6 Å². The van der Waals surface area contributed by atoms with Gasteiger partial charge in [0.25, 0.3) is 11.8 Å². The van der Waals surface area contributed by atoms with E-state index < -0.39 is 29.2 Å². The number of hydrogen-bond acceptors (Lipinski definition) is 5. The Hall–Kier alpha value is -3.73. The van der Waals surface area contributed by atoms with Gasteiger partial charge in [-0.3, -0.25) is 20.4 Å². The third kappa shape index (κ3) is 4.78. The van der Waals surface area contributed by atoms with Gasteiger partial charge in [0, 0.05) is 10.6 Å². The molecule has 2 aromatic carbocycles. The molecule has 2 N–H and O–H groups in total. The molecule has 0 aliphatic rings. The molecule has 0 unspecified atom stereocenters. The van der Waals surface area contributed by atoms with Gasteiger partial charge in [0.1, 0.15) is 0 Å². The van der Waals surface area contributed by atoms with Crippen LogP contribution in [0.15, 0.2) is 48.7 Å². The molecule has 0 radical (unpaired) electrons. The molecular formula is C20H16ClF3N4O4. The van der Waals surface area contributed by atoms with Crippen molar-refractivity contribution in [2.45, 2.75) is 6.18 Å². The van der Waals surface area contributed by atoms with E-state index >= 15 is 0 Å². The van der Waals surface area contributed by atoms with E-state index in [4.69, 9.17) is 21.1 Å². The molecule has 168 valence electrons. The maximum Gasteiger partial charge on any atom is 0.434 e. The number of alkyl halides is 3. The SMILES string of the molecule is COc1ccc(C(=O)NNC(=O)c2cnn(-c3ccc(Cl)cc3)c2C(F)(F)F)cc1OC. The summed E-state index contributed by atoms with van der Waals surface area (Å²) < 4.78 is 51.8. The lowest BCUT2D eigenvalue weighted by molar-refractivity contribution is -0.143. The van der Waals surface area contributed by atoms with Crippen molar-refractivity contribution in [2.75, 3.05) is 14.2 Å².